The zero-order valence-corrected chi connectivity index (χ0v) is 15.5. The zero-order chi connectivity index (χ0) is 17.4. The van der Waals surface area contributed by atoms with Crippen molar-refractivity contribution in [2.45, 2.75) is 24.8 Å². The van der Waals surface area contributed by atoms with Gasteiger partial charge in [0.2, 0.25) is 0 Å². The minimum absolute atomic E-state index is 0.0480. The van der Waals surface area contributed by atoms with Gasteiger partial charge in [-0.1, -0.05) is 24.3 Å². The first-order valence-electron chi connectivity index (χ1n) is 8.08. The third-order valence-electron chi connectivity index (χ3n) is 4.89. The van der Waals surface area contributed by atoms with E-state index >= 15 is 0 Å². The summed E-state index contributed by atoms with van der Waals surface area (Å²) < 4.78 is 2.81. The van der Waals surface area contributed by atoms with Crippen molar-refractivity contribution in [2.24, 2.45) is 0 Å². The standard InChI is InChI=1S/C19H15IN4O/c20-14-11-22-24(12-14)19(8-3-9-19)18(25)23-17-7-6-13(10-21)15-4-1-2-5-16(15)17/h1-2,4-7,11-12H,3,8-9H2,(H,23,25). The maximum Gasteiger partial charge on any atom is 0.252 e. The van der Waals surface area contributed by atoms with Crippen molar-refractivity contribution in [2.75, 3.05) is 5.32 Å². The molecule has 0 spiro atoms. The maximum atomic E-state index is 13.1. The van der Waals surface area contributed by atoms with Crippen LogP contribution in [-0.2, 0) is 10.3 Å². The molecular weight excluding hydrogens is 427 g/mol. The fourth-order valence-corrected chi connectivity index (χ4v) is 3.74. The quantitative estimate of drug-likeness (QED) is 0.623. The highest BCUT2D eigenvalue weighted by molar-refractivity contribution is 14.1. The van der Waals surface area contributed by atoms with E-state index in [4.69, 9.17) is 0 Å². The van der Waals surface area contributed by atoms with E-state index in [2.05, 4.69) is 39.1 Å². The van der Waals surface area contributed by atoms with E-state index < -0.39 is 5.54 Å². The lowest BCUT2D eigenvalue weighted by molar-refractivity contribution is -0.129. The predicted molar refractivity (Wildman–Crippen MR) is 104 cm³/mol. The third kappa shape index (κ3) is 2.59. The molecule has 5 nitrogen and oxygen atoms in total. The minimum atomic E-state index is -0.613. The summed E-state index contributed by atoms with van der Waals surface area (Å²) in [5, 5.41) is 18.4. The van der Waals surface area contributed by atoms with Crippen molar-refractivity contribution in [3.05, 3.63) is 57.9 Å². The number of aromatic nitrogens is 2. The van der Waals surface area contributed by atoms with Gasteiger partial charge in [0.25, 0.3) is 5.91 Å². The van der Waals surface area contributed by atoms with Crippen LogP contribution in [0.4, 0.5) is 5.69 Å². The maximum absolute atomic E-state index is 13.1. The molecule has 1 aromatic heterocycles. The van der Waals surface area contributed by atoms with Gasteiger partial charge in [-0.25, -0.2) is 0 Å². The third-order valence-corrected chi connectivity index (χ3v) is 5.44. The number of halogens is 1. The average molecular weight is 442 g/mol. The summed E-state index contributed by atoms with van der Waals surface area (Å²) in [5.41, 5.74) is 0.722. The van der Waals surface area contributed by atoms with Crippen molar-refractivity contribution in [3.63, 3.8) is 0 Å². The van der Waals surface area contributed by atoms with E-state index in [-0.39, 0.29) is 5.91 Å². The van der Waals surface area contributed by atoms with E-state index in [9.17, 15) is 10.1 Å². The molecule has 124 valence electrons. The number of carbonyl (C=O) groups is 1. The highest BCUT2D eigenvalue weighted by Crippen LogP contribution is 2.40. The fourth-order valence-electron chi connectivity index (χ4n) is 3.35. The number of anilines is 1. The smallest absolute Gasteiger partial charge is 0.252 e. The van der Waals surface area contributed by atoms with Gasteiger partial charge in [0.1, 0.15) is 5.54 Å². The molecule has 1 aliphatic rings. The van der Waals surface area contributed by atoms with Crippen LogP contribution in [0, 0.1) is 14.9 Å². The fraction of sp³-hybridized carbons (Fsp3) is 0.211. The molecule has 0 bridgehead atoms. The Morgan fingerprint density at radius 1 is 1.24 bits per heavy atom. The van der Waals surface area contributed by atoms with Crippen LogP contribution in [0.3, 0.4) is 0 Å². The van der Waals surface area contributed by atoms with E-state index in [1.165, 1.54) is 0 Å². The number of nitriles is 1. The number of fused-ring (bicyclic) bond motifs is 1. The first-order chi connectivity index (χ1) is 12.1. The highest BCUT2D eigenvalue weighted by atomic mass is 127. The SMILES string of the molecule is N#Cc1ccc(NC(=O)C2(n3cc(I)cn3)CCC2)c2ccccc12. The van der Waals surface area contributed by atoms with Gasteiger partial charge >= 0.3 is 0 Å². The Balaban J connectivity index is 1.72. The van der Waals surface area contributed by atoms with Crippen LogP contribution in [-0.4, -0.2) is 15.7 Å². The van der Waals surface area contributed by atoms with Gasteiger partial charge < -0.3 is 5.32 Å². The molecule has 0 radical (unpaired) electrons. The molecule has 1 aliphatic carbocycles. The van der Waals surface area contributed by atoms with Gasteiger partial charge in [0.15, 0.2) is 0 Å². The number of amides is 1. The minimum Gasteiger partial charge on any atom is -0.323 e. The van der Waals surface area contributed by atoms with Crippen molar-refractivity contribution in [1.82, 2.24) is 9.78 Å². The molecule has 4 rings (SSSR count). The van der Waals surface area contributed by atoms with E-state index in [0.717, 1.165) is 39.3 Å². The van der Waals surface area contributed by atoms with Crippen molar-refractivity contribution >= 4 is 45.0 Å². The van der Waals surface area contributed by atoms with Gasteiger partial charge in [-0.15, -0.1) is 0 Å². The lowest BCUT2D eigenvalue weighted by atomic mass is 9.76. The molecule has 6 heteroatoms. The van der Waals surface area contributed by atoms with Gasteiger partial charge in [0.05, 0.1) is 21.4 Å². The van der Waals surface area contributed by atoms with Gasteiger partial charge in [-0.3, -0.25) is 9.48 Å². The van der Waals surface area contributed by atoms with Crippen molar-refractivity contribution < 1.29 is 4.79 Å². The Morgan fingerprint density at radius 3 is 2.60 bits per heavy atom. The summed E-state index contributed by atoms with van der Waals surface area (Å²) in [4.78, 5) is 13.1. The molecule has 1 fully saturated rings. The predicted octanol–water partition coefficient (Wildman–Crippen LogP) is 4.03. The van der Waals surface area contributed by atoms with Crippen LogP contribution in [0.15, 0.2) is 48.8 Å². The van der Waals surface area contributed by atoms with E-state index in [0.29, 0.717) is 5.56 Å². The molecule has 3 aromatic rings. The van der Waals surface area contributed by atoms with Gasteiger partial charge in [-0.2, -0.15) is 10.4 Å². The number of rotatable bonds is 3. The van der Waals surface area contributed by atoms with Crippen molar-refractivity contribution in [1.29, 1.82) is 5.26 Å². The Morgan fingerprint density at radius 2 is 2.00 bits per heavy atom. The molecule has 1 heterocycles. The number of hydrogen-bond donors (Lipinski definition) is 1. The first kappa shape index (κ1) is 16.1. The number of benzene rings is 2. The molecule has 0 saturated heterocycles. The molecule has 1 saturated carbocycles. The van der Waals surface area contributed by atoms with Crippen LogP contribution in [0.1, 0.15) is 24.8 Å². The topological polar surface area (TPSA) is 70.7 Å². The molecule has 1 amide bonds. The van der Waals surface area contributed by atoms with Crippen molar-refractivity contribution in [3.8, 4) is 6.07 Å². The van der Waals surface area contributed by atoms with Crippen LogP contribution in [0.25, 0.3) is 10.8 Å². The number of carbonyl (C=O) groups excluding carboxylic acids is 1. The number of nitrogens with zero attached hydrogens (tertiary/aromatic N) is 3. The summed E-state index contributed by atoms with van der Waals surface area (Å²) in [6, 6.07) is 13.4. The Labute approximate surface area is 158 Å². The van der Waals surface area contributed by atoms with Gasteiger partial charge in [0, 0.05) is 22.7 Å². The van der Waals surface area contributed by atoms with Crippen LogP contribution < -0.4 is 5.32 Å². The summed E-state index contributed by atoms with van der Waals surface area (Å²) in [5.74, 6) is -0.0480. The Kier molecular flexibility index (Phi) is 3.96. The lowest BCUT2D eigenvalue weighted by Gasteiger charge is -2.40. The second-order valence-electron chi connectivity index (χ2n) is 6.26. The lowest BCUT2D eigenvalue weighted by Crippen LogP contribution is -2.51. The van der Waals surface area contributed by atoms with Crippen LogP contribution >= 0.6 is 22.6 Å². The second-order valence-corrected chi connectivity index (χ2v) is 7.51. The highest BCUT2D eigenvalue weighted by Gasteiger charge is 2.46. The summed E-state index contributed by atoms with van der Waals surface area (Å²) >= 11 is 2.20. The summed E-state index contributed by atoms with van der Waals surface area (Å²) in [6.45, 7) is 0. The van der Waals surface area contributed by atoms with Crippen LogP contribution in [0.2, 0.25) is 0 Å². The molecule has 0 atom stereocenters. The molecule has 0 aliphatic heterocycles. The average Bonchev–Trinajstić information content (AvgIpc) is 3.00. The van der Waals surface area contributed by atoms with Gasteiger partial charge in [-0.05, 0) is 54.0 Å². The monoisotopic (exact) mass is 442 g/mol. The Bertz CT molecular complexity index is 1010. The molecule has 2 aromatic carbocycles. The van der Waals surface area contributed by atoms with Crippen LogP contribution in [0.5, 0.6) is 0 Å². The molecule has 25 heavy (non-hydrogen) atoms. The normalized spacial score (nSPS) is 15.4. The molecule has 0 unspecified atom stereocenters. The van der Waals surface area contributed by atoms with E-state index in [1.54, 1.807) is 23.0 Å². The number of hydrogen-bond acceptors (Lipinski definition) is 3. The number of nitrogens with one attached hydrogen (secondary N) is 1. The van der Waals surface area contributed by atoms with E-state index in [1.807, 2.05) is 30.5 Å². The molecular formula is C19H15IN4O. The summed E-state index contributed by atoms with van der Waals surface area (Å²) in [6.07, 6.45) is 6.26. The summed E-state index contributed by atoms with van der Waals surface area (Å²) in [7, 11) is 0. The zero-order valence-electron chi connectivity index (χ0n) is 13.4. The Hall–Kier alpha value is -2.40. The second kappa shape index (κ2) is 6.15. The first-order valence-corrected chi connectivity index (χ1v) is 9.16. The largest absolute Gasteiger partial charge is 0.323 e. The molecule has 1 N–H and O–H groups in total.